The summed E-state index contributed by atoms with van der Waals surface area (Å²) < 4.78 is 12.7. The van der Waals surface area contributed by atoms with Gasteiger partial charge in [-0.25, -0.2) is 14.5 Å². The van der Waals surface area contributed by atoms with Gasteiger partial charge in [0.05, 0.1) is 24.5 Å². The van der Waals surface area contributed by atoms with Gasteiger partial charge in [-0.15, -0.1) is 0 Å². The Hall–Kier alpha value is -3.39. The first-order chi connectivity index (χ1) is 14.2. The van der Waals surface area contributed by atoms with E-state index in [-0.39, 0.29) is 18.2 Å². The van der Waals surface area contributed by atoms with Gasteiger partial charge in [0.15, 0.2) is 0 Å². The molecule has 3 heterocycles. The van der Waals surface area contributed by atoms with Crippen molar-refractivity contribution >= 4 is 11.7 Å². The molecule has 1 aliphatic rings. The van der Waals surface area contributed by atoms with Crippen LogP contribution in [0.5, 0.6) is 5.88 Å². The number of aryl methyl sites for hydroxylation is 1. The Morgan fingerprint density at radius 1 is 1.24 bits per heavy atom. The highest BCUT2D eigenvalue weighted by Gasteiger charge is 2.31. The molecule has 0 bridgehead atoms. The number of rotatable bonds is 5. The van der Waals surface area contributed by atoms with E-state index >= 15 is 0 Å². The lowest BCUT2D eigenvalue weighted by Crippen LogP contribution is -2.39. The molecular formula is C21H23N5O3. The SMILES string of the molecule is COc1ccc([C@H]2OCC[C@@H]2NC(=O)Nc2ccccc2-n2nccc2C)cn1. The van der Waals surface area contributed by atoms with Gasteiger partial charge in [0, 0.05) is 36.3 Å². The fourth-order valence-corrected chi connectivity index (χ4v) is 3.46. The minimum Gasteiger partial charge on any atom is -0.481 e. The molecule has 2 N–H and O–H groups in total. The lowest BCUT2D eigenvalue weighted by atomic mass is 10.0. The van der Waals surface area contributed by atoms with Crippen molar-refractivity contribution in [3.63, 3.8) is 0 Å². The van der Waals surface area contributed by atoms with Gasteiger partial charge in [-0.05, 0) is 37.6 Å². The van der Waals surface area contributed by atoms with Crippen molar-refractivity contribution in [2.24, 2.45) is 0 Å². The zero-order chi connectivity index (χ0) is 20.2. The first-order valence-corrected chi connectivity index (χ1v) is 9.45. The van der Waals surface area contributed by atoms with Crippen LogP contribution in [0.1, 0.15) is 23.8 Å². The summed E-state index contributed by atoms with van der Waals surface area (Å²) in [6.07, 6.45) is 3.93. The Bertz CT molecular complexity index is 986. The number of methoxy groups -OCH3 is 1. The first-order valence-electron chi connectivity index (χ1n) is 9.45. The first kappa shape index (κ1) is 18.9. The summed E-state index contributed by atoms with van der Waals surface area (Å²) in [6, 6.07) is 12.7. The number of nitrogens with zero attached hydrogens (tertiary/aromatic N) is 3. The molecule has 2 atom stereocenters. The molecule has 150 valence electrons. The normalized spacial score (nSPS) is 18.4. The summed E-state index contributed by atoms with van der Waals surface area (Å²) in [5, 5.41) is 10.3. The number of carbonyl (C=O) groups is 1. The minimum absolute atomic E-state index is 0.149. The number of anilines is 1. The summed E-state index contributed by atoms with van der Waals surface area (Å²) in [7, 11) is 1.57. The monoisotopic (exact) mass is 393 g/mol. The average Bonchev–Trinajstić information content (AvgIpc) is 3.37. The van der Waals surface area contributed by atoms with Crippen LogP contribution >= 0.6 is 0 Å². The maximum Gasteiger partial charge on any atom is 0.319 e. The molecule has 8 nitrogen and oxygen atoms in total. The number of pyridine rings is 1. The van der Waals surface area contributed by atoms with Crippen LogP contribution in [0.25, 0.3) is 5.69 Å². The number of hydrogen-bond donors (Lipinski definition) is 2. The third kappa shape index (κ3) is 4.07. The quantitative estimate of drug-likeness (QED) is 0.695. The van der Waals surface area contributed by atoms with E-state index in [1.54, 1.807) is 30.3 Å². The van der Waals surface area contributed by atoms with E-state index in [2.05, 4.69) is 20.7 Å². The summed E-state index contributed by atoms with van der Waals surface area (Å²) in [6.45, 7) is 2.54. The van der Waals surface area contributed by atoms with Crippen LogP contribution in [0, 0.1) is 6.92 Å². The predicted molar refractivity (Wildman–Crippen MR) is 108 cm³/mol. The average molecular weight is 393 g/mol. The van der Waals surface area contributed by atoms with Gasteiger partial charge in [-0.2, -0.15) is 5.10 Å². The fraction of sp³-hybridized carbons (Fsp3) is 0.286. The van der Waals surface area contributed by atoms with Gasteiger partial charge in [0.2, 0.25) is 5.88 Å². The van der Waals surface area contributed by atoms with Crippen molar-refractivity contribution in [3.8, 4) is 11.6 Å². The Labute approximate surface area is 168 Å². The van der Waals surface area contributed by atoms with E-state index in [9.17, 15) is 4.79 Å². The molecule has 0 saturated carbocycles. The highest BCUT2D eigenvalue weighted by atomic mass is 16.5. The van der Waals surface area contributed by atoms with Crippen molar-refractivity contribution in [2.45, 2.75) is 25.5 Å². The Balaban J connectivity index is 1.46. The summed E-state index contributed by atoms with van der Waals surface area (Å²) in [5.74, 6) is 0.541. The molecule has 4 rings (SSSR count). The molecule has 8 heteroatoms. The molecule has 0 radical (unpaired) electrons. The van der Waals surface area contributed by atoms with Crippen molar-refractivity contribution in [2.75, 3.05) is 19.0 Å². The predicted octanol–water partition coefficient (Wildman–Crippen LogP) is 3.24. The maximum absolute atomic E-state index is 12.7. The minimum atomic E-state index is -0.288. The molecule has 0 spiro atoms. The van der Waals surface area contributed by atoms with Crippen LogP contribution in [0.15, 0.2) is 54.9 Å². The molecule has 0 aliphatic carbocycles. The number of amides is 2. The molecule has 1 aromatic carbocycles. The molecule has 1 fully saturated rings. The highest BCUT2D eigenvalue weighted by Crippen LogP contribution is 2.29. The summed E-state index contributed by atoms with van der Waals surface area (Å²) in [5.41, 5.74) is 3.37. The lowest BCUT2D eigenvalue weighted by molar-refractivity contribution is 0.100. The molecular weight excluding hydrogens is 370 g/mol. The van der Waals surface area contributed by atoms with E-state index in [1.165, 1.54) is 0 Å². The lowest BCUT2D eigenvalue weighted by Gasteiger charge is -2.21. The topological polar surface area (TPSA) is 90.3 Å². The summed E-state index contributed by atoms with van der Waals surface area (Å²) in [4.78, 5) is 16.9. The Kier molecular flexibility index (Phi) is 5.44. The zero-order valence-electron chi connectivity index (χ0n) is 16.3. The van der Waals surface area contributed by atoms with E-state index in [1.807, 2.05) is 43.3 Å². The largest absolute Gasteiger partial charge is 0.481 e. The van der Waals surface area contributed by atoms with Crippen molar-refractivity contribution in [1.29, 1.82) is 0 Å². The second-order valence-corrected chi connectivity index (χ2v) is 6.82. The smallest absolute Gasteiger partial charge is 0.319 e. The standard InChI is InChI=1S/C21H23N5O3/c1-14-9-11-23-26(14)18-6-4-3-5-16(18)24-21(27)25-17-10-12-29-20(17)15-7-8-19(28-2)22-13-15/h3-9,11,13,17,20H,10,12H2,1-2H3,(H2,24,25,27)/t17-,20+/m0/s1. The van der Waals surface area contributed by atoms with Gasteiger partial charge in [-0.3, -0.25) is 0 Å². The van der Waals surface area contributed by atoms with Crippen molar-refractivity contribution in [3.05, 3.63) is 66.1 Å². The van der Waals surface area contributed by atoms with Gasteiger partial charge < -0.3 is 20.1 Å². The van der Waals surface area contributed by atoms with E-state index in [4.69, 9.17) is 9.47 Å². The van der Waals surface area contributed by atoms with E-state index in [0.717, 1.165) is 23.4 Å². The third-order valence-electron chi connectivity index (χ3n) is 4.92. The molecule has 2 aromatic heterocycles. The van der Waals surface area contributed by atoms with E-state index < -0.39 is 0 Å². The molecule has 29 heavy (non-hydrogen) atoms. The Morgan fingerprint density at radius 2 is 2.10 bits per heavy atom. The van der Waals surface area contributed by atoms with Crippen LogP contribution < -0.4 is 15.4 Å². The molecule has 3 aromatic rings. The van der Waals surface area contributed by atoms with Gasteiger partial charge >= 0.3 is 6.03 Å². The number of ether oxygens (including phenoxy) is 2. The second kappa shape index (κ2) is 8.32. The van der Waals surface area contributed by atoms with Gasteiger partial charge in [-0.1, -0.05) is 12.1 Å². The zero-order valence-corrected chi connectivity index (χ0v) is 16.3. The number of carbonyl (C=O) groups excluding carboxylic acids is 1. The van der Waals surface area contributed by atoms with Crippen LogP contribution in [0.4, 0.5) is 10.5 Å². The fourth-order valence-electron chi connectivity index (χ4n) is 3.46. The molecule has 0 unspecified atom stereocenters. The number of benzene rings is 1. The highest BCUT2D eigenvalue weighted by molar-refractivity contribution is 5.91. The summed E-state index contributed by atoms with van der Waals surface area (Å²) >= 11 is 0. The van der Waals surface area contributed by atoms with Crippen molar-refractivity contribution in [1.82, 2.24) is 20.1 Å². The van der Waals surface area contributed by atoms with Crippen LogP contribution in [0.2, 0.25) is 0 Å². The molecule has 1 saturated heterocycles. The maximum atomic E-state index is 12.7. The second-order valence-electron chi connectivity index (χ2n) is 6.82. The molecule has 2 amide bonds. The molecule has 1 aliphatic heterocycles. The number of hydrogen-bond acceptors (Lipinski definition) is 5. The number of nitrogens with one attached hydrogen (secondary N) is 2. The third-order valence-corrected chi connectivity index (χ3v) is 4.92. The van der Waals surface area contributed by atoms with Crippen LogP contribution in [-0.2, 0) is 4.74 Å². The van der Waals surface area contributed by atoms with Gasteiger partial charge in [0.1, 0.15) is 6.10 Å². The number of aromatic nitrogens is 3. The number of urea groups is 1. The van der Waals surface area contributed by atoms with Crippen molar-refractivity contribution < 1.29 is 14.3 Å². The number of para-hydroxylation sites is 2. The Morgan fingerprint density at radius 3 is 2.83 bits per heavy atom. The van der Waals surface area contributed by atoms with E-state index in [0.29, 0.717) is 18.2 Å². The van der Waals surface area contributed by atoms with Crippen LogP contribution in [-0.4, -0.2) is 40.6 Å². The van der Waals surface area contributed by atoms with Gasteiger partial charge in [0.25, 0.3) is 0 Å². The van der Waals surface area contributed by atoms with Crippen LogP contribution in [0.3, 0.4) is 0 Å².